The first-order valence-electron chi connectivity index (χ1n) is 11.2. The molecule has 0 radical (unpaired) electrons. The van der Waals surface area contributed by atoms with Gasteiger partial charge in [0.1, 0.15) is 24.2 Å². The summed E-state index contributed by atoms with van der Waals surface area (Å²) in [4.78, 5) is 49.7. The van der Waals surface area contributed by atoms with E-state index in [0.717, 1.165) is 0 Å². The number of rotatable bonds is 16. The fourth-order valence-electron chi connectivity index (χ4n) is 3.09. The largest absolute Gasteiger partial charge is 0.394 e. The third kappa shape index (κ3) is 12.0. The first kappa shape index (κ1) is 29.8. The molecule has 0 aliphatic carbocycles. The summed E-state index contributed by atoms with van der Waals surface area (Å²) in [6, 6.07) is -3.87. The quantitative estimate of drug-likeness (QED) is 0.136. The van der Waals surface area contributed by atoms with Gasteiger partial charge in [0.25, 0.3) is 0 Å². The number of carbonyl (C=O) groups excluding carboxylic acids is 4. The molecule has 4 amide bonds. The Labute approximate surface area is 190 Å². The molecule has 4 unspecified atom stereocenters. The van der Waals surface area contributed by atoms with Crippen LogP contribution in [0.4, 0.5) is 0 Å². The average molecular weight is 459 g/mol. The van der Waals surface area contributed by atoms with Crippen LogP contribution < -0.4 is 33.2 Å². The number of aliphatic hydroxyl groups is 1. The Kier molecular flexibility index (Phi) is 14.5. The van der Waals surface area contributed by atoms with Gasteiger partial charge in [0, 0.05) is 0 Å². The molecule has 0 aromatic heterocycles. The lowest BCUT2D eigenvalue weighted by atomic mass is 9.99. The van der Waals surface area contributed by atoms with Gasteiger partial charge in [-0.1, -0.05) is 27.7 Å². The van der Waals surface area contributed by atoms with E-state index in [-0.39, 0.29) is 11.8 Å². The summed E-state index contributed by atoms with van der Waals surface area (Å²) in [6.45, 7) is 7.47. The number of hydrogen-bond acceptors (Lipinski definition) is 7. The van der Waals surface area contributed by atoms with Crippen molar-refractivity contribution in [2.45, 2.75) is 84.0 Å². The number of carbonyl (C=O) groups is 4. The Morgan fingerprint density at radius 3 is 1.59 bits per heavy atom. The van der Waals surface area contributed by atoms with Crippen LogP contribution in [-0.4, -0.2) is 66.1 Å². The number of aliphatic hydroxyl groups excluding tert-OH is 1. The van der Waals surface area contributed by atoms with E-state index in [1.165, 1.54) is 0 Å². The van der Waals surface area contributed by atoms with Crippen LogP contribution in [0.15, 0.2) is 0 Å². The maximum atomic E-state index is 12.9. The van der Waals surface area contributed by atoms with Gasteiger partial charge in [-0.25, -0.2) is 0 Å². The van der Waals surface area contributed by atoms with E-state index in [4.69, 9.17) is 22.3 Å². The van der Waals surface area contributed by atoms with E-state index in [1.54, 1.807) is 0 Å². The molecule has 11 heteroatoms. The molecule has 0 aromatic carbocycles. The summed E-state index contributed by atoms with van der Waals surface area (Å²) in [5.74, 6) is -2.26. The summed E-state index contributed by atoms with van der Waals surface area (Å²) >= 11 is 0. The minimum atomic E-state index is -1.16. The van der Waals surface area contributed by atoms with Crippen LogP contribution in [0.1, 0.15) is 59.8 Å². The zero-order valence-corrected chi connectivity index (χ0v) is 19.7. The van der Waals surface area contributed by atoms with Crippen molar-refractivity contribution in [2.75, 3.05) is 13.2 Å². The summed E-state index contributed by atoms with van der Waals surface area (Å²) in [5.41, 5.74) is 16.4. The van der Waals surface area contributed by atoms with Gasteiger partial charge in [-0.3, -0.25) is 19.2 Å². The van der Waals surface area contributed by atoms with E-state index in [9.17, 15) is 19.2 Å². The topological polar surface area (TPSA) is 203 Å². The van der Waals surface area contributed by atoms with Gasteiger partial charge >= 0.3 is 0 Å². The zero-order chi connectivity index (χ0) is 24.8. The second kappa shape index (κ2) is 15.5. The molecule has 0 aromatic rings. The van der Waals surface area contributed by atoms with Gasteiger partial charge < -0.3 is 38.3 Å². The van der Waals surface area contributed by atoms with Crippen molar-refractivity contribution < 1.29 is 24.3 Å². The molecular weight excluding hydrogens is 416 g/mol. The van der Waals surface area contributed by atoms with Gasteiger partial charge in [0.05, 0.1) is 6.61 Å². The van der Waals surface area contributed by atoms with Gasteiger partial charge in [0.2, 0.25) is 23.6 Å². The molecule has 10 N–H and O–H groups in total. The van der Waals surface area contributed by atoms with Crippen LogP contribution in [0, 0.1) is 11.8 Å². The molecule has 0 aliphatic rings. The van der Waals surface area contributed by atoms with Crippen LogP contribution in [0.3, 0.4) is 0 Å². The summed E-state index contributed by atoms with van der Waals surface area (Å²) in [7, 11) is 0. The van der Waals surface area contributed by atoms with E-state index >= 15 is 0 Å². The number of nitrogens with two attached hydrogens (primary N) is 3. The van der Waals surface area contributed by atoms with E-state index in [1.807, 2.05) is 27.7 Å². The molecule has 0 spiro atoms. The van der Waals surface area contributed by atoms with Crippen molar-refractivity contribution in [3.8, 4) is 0 Å². The SMILES string of the molecule is CC(C)CC(NC(=O)C(N)CO)C(=O)NC(CC(C)C)C(=O)NC(CCCCN)C(N)=O. The highest BCUT2D eigenvalue weighted by Crippen LogP contribution is 2.10. The Morgan fingerprint density at radius 2 is 1.22 bits per heavy atom. The van der Waals surface area contributed by atoms with Crippen molar-refractivity contribution in [2.24, 2.45) is 29.0 Å². The highest BCUT2D eigenvalue weighted by atomic mass is 16.3. The number of primary amides is 1. The zero-order valence-electron chi connectivity index (χ0n) is 19.7. The van der Waals surface area contributed by atoms with Crippen LogP contribution in [-0.2, 0) is 19.2 Å². The van der Waals surface area contributed by atoms with E-state index in [2.05, 4.69) is 16.0 Å². The maximum Gasteiger partial charge on any atom is 0.243 e. The average Bonchev–Trinajstić information content (AvgIpc) is 2.70. The Balaban J connectivity index is 5.40. The minimum Gasteiger partial charge on any atom is -0.394 e. The van der Waals surface area contributed by atoms with Crippen molar-refractivity contribution in [3.63, 3.8) is 0 Å². The predicted octanol–water partition coefficient (Wildman–Crippen LogP) is -1.53. The van der Waals surface area contributed by atoms with Crippen molar-refractivity contribution in [1.29, 1.82) is 0 Å². The fourth-order valence-corrected chi connectivity index (χ4v) is 3.09. The molecule has 0 fully saturated rings. The van der Waals surface area contributed by atoms with Gasteiger partial charge in [-0.15, -0.1) is 0 Å². The second-order valence-corrected chi connectivity index (χ2v) is 8.92. The molecule has 11 nitrogen and oxygen atoms in total. The summed E-state index contributed by atoms with van der Waals surface area (Å²) < 4.78 is 0. The lowest BCUT2D eigenvalue weighted by Gasteiger charge is -2.27. The summed E-state index contributed by atoms with van der Waals surface area (Å²) in [5, 5.41) is 16.9. The third-order valence-corrected chi connectivity index (χ3v) is 4.82. The van der Waals surface area contributed by atoms with Gasteiger partial charge in [-0.05, 0) is 50.5 Å². The lowest BCUT2D eigenvalue weighted by Crippen LogP contribution is -2.58. The highest BCUT2D eigenvalue weighted by molar-refractivity contribution is 5.94. The molecule has 0 bridgehead atoms. The molecule has 0 aliphatic heterocycles. The molecule has 0 saturated carbocycles. The molecule has 0 heterocycles. The molecule has 32 heavy (non-hydrogen) atoms. The standard InChI is InChI=1S/C21H42N6O5/c1-12(2)9-16(26-19(30)14(23)11-28)21(32)27-17(10-13(3)4)20(31)25-15(18(24)29)7-5-6-8-22/h12-17,28H,5-11,22-23H2,1-4H3,(H2,24,29)(H,25,31)(H,26,30)(H,27,32). The van der Waals surface area contributed by atoms with Gasteiger partial charge in [0.15, 0.2) is 0 Å². The van der Waals surface area contributed by atoms with Crippen LogP contribution in [0.25, 0.3) is 0 Å². The van der Waals surface area contributed by atoms with Crippen LogP contribution in [0.5, 0.6) is 0 Å². The highest BCUT2D eigenvalue weighted by Gasteiger charge is 2.30. The maximum absolute atomic E-state index is 12.9. The van der Waals surface area contributed by atoms with Crippen LogP contribution >= 0.6 is 0 Å². The van der Waals surface area contributed by atoms with Crippen LogP contribution in [0.2, 0.25) is 0 Å². The third-order valence-electron chi connectivity index (χ3n) is 4.82. The van der Waals surface area contributed by atoms with Crippen molar-refractivity contribution in [1.82, 2.24) is 16.0 Å². The second-order valence-electron chi connectivity index (χ2n) is 8.92. The number of hydrogen-bond donors (Lipinski definition) is 7. The predicted molar refractivity (Wildman–Crippen MR) is 122 cm³/mol. The fraction of sp³-hybridized carbons (Fsp3) is 0.810. The summed E-state index contributed by atoms with van der Waals surface area (Å²) in [6.07, 6.45) is 2.31. The normalized spacial score (nSPS) is 15.0. The molecule has 0 saturated heterocycles. The lowest BCUT2D eigenvalue weighted by molar-refractivity contribution is -0.134. The first-order valence-corrected chi connectivity index (χ1v) is 11.2. The van der Waals surface area contributed by atoms with E-state index < -0.39 is 54.4 Å². The number of amides is 4. The minimum absolute atomic E-state index is 0.0653. The van der Waals surface area contributed by atoms with E-state index in [0.29, 0.717) is 38.6 Å². The number of nitrogens with one attached hydrogen (secondary N) is 3. The molecular formula is C21H42N6O5. The Hall–Kier alpha value is -2.24. The van der Waals surface area contributed by atoms with Crippen molar-refractivity contribution in [3.05, 3.63) is 0 Å². The molecule has 4 atom stereocenters. The van der Waals surface area contributed by atoms with Gasteiger partial charge in [-0.2, -0.15) is 0 Å². The monoisotopic (exact) mass is 458 g/mol. The molecule has 186 valence electrons. The smallest absolute Gasteiger partial charge is 0.243 e. The molecule has 0 rings (SSSR count). The Bertz CT molecular complexity index is 613. The number of unbranched alkanes of at least 4 members (excludes halogenated alkanes) is 1. The first-order chi connectivity index (χ1) is 14.9. The Morgan fingerprint density at radius 1 is 0.781 bits per heavy atom. The van der Waals surface area contributed by atoms with Crippen molar-refractivity contribution >= 4 is 23.6 Å².